The van der Waals surface area contributed by atoms with Gasteiger partial charge in [-0.2, -0.15) is 5.26 Å². The largest absolute Gasteiger partial charge is 0.349 e. The Bertz CT molecular complexity index is 265. The Morgan fingerprint density at radius 1 is 1.80 bits per heavy atom. The van der Waals surface area contributed by atoms with Gasteiger partial charge in [-0.1, -0.05) is 6.08 Å². The molecule has 0 amide bonds. The summed E-state index contributed by atoms with van der Waals surface area (Å²) in [7, 11) is 0. The highest BCUT2D eigenvalue weighted by atomic mass is 14.9. The standard InChI is InChI=1S/C8H8N2/c1-2-4-10-5-3-8(6-9)7-10/h2-3,5,7H,1,4H2. The predicted octanol–water partition coefficient (Wildman–Crippen LogP) is 1.55. The van der Waals surface area contributed by atoms with Crippen molar-refractivity contribution in [3.63, 3.8) is 0 Å². The van der Waals surface area contributed by atoms with Gasteiger partial charge in [0.1, 0.15) is 6.07 Å². The highest BCUT2D eigenvalue weighted by Gasteiger charge is 1.90. The average Bonchev–Trinajstić information content (AvgIpc) is 2.37. The molecule has 0 N–H and O–H groups in total. The SMILES string of the molecule is C=CCn1ccc(C#N)c1. The van der Waals surface area contributed by atoms with Crippen LogP contribution in [0.4, 0.5) is 0 Å². The molecular weight excluding hydrogens is 124 g/mol. The van der Waals surface area contributed by atoms with Crippen molar-refractivity contribution in [3.8, 4) is 6.07 Å². The second-order valence-corrected chi connectivity index (χ2v) is 2.00. The Morgan fingerprint density at radius 2 is 2.60 bits per heavy atom. The Morgan fingerprint density at radius 3 is 3.10 bits per heavy atom. The summed E-state index contributed by atoms with van der Waals surface area (Å²) in [4.78, 5) is 0. The molecule has 2 nitrogen and oxygen atoms in total. The predicted molar refractivity (Wildman–Crippen MR) is 39.3 cm³/mol. The molecule has 1 aromatic heterocycles. The summed E-state index contributed by atoms with van der Waals surface area (Å²) in [5.74, 6) is 0. The van der Waals surface area contributed by atoms with Crippen molar-refractivity contribution in [1.82, 2.24) is 4.57 Å². The van der Waals surface area contributed by atoms with Gasteiger partial charge in [0.05, 0.1) is 5.56 Å². The second kappa shape index (κ2) is 2.88. The lowest BCUT2D eigenvalue weighted by Gasteiger charge is -1.91. The maximum Gasteiger partial charge on any atom is 0.101 e. The molecule has 0 bridgehead atoms. The van der Waals surface area contributed by atoms with Crippen molar-refractivity contribution in [2.75, 3.05) is 0 Å². The van der Waals surface area contributed by atoms with Crippen molar-refractivity contribution in [1.29, 1.82) is 5.26 Å². The summed E-state index contributed by atoms with van der Waals surface area (Å²) < 4.78 is 1.91. The molecule has 0 unspecified atom stereocenters. The van der Waals surface area contributed by atoms with E-state index in [9.17, 15) is 0 Å². The lowest BCUT2D eigenvalue weighted by Crippen LogP contribution is -1.87. The van der Waals surface area contributed by atoms with E-state index < -0.39 is 0 Å². The zero-order chi connectivity index (χ0) is 7.40. The van der Waals surface area contributed by atoms with E-state index in [4.69, 9.17) is 5.26 Å². The fraction of sp³-hybridized carbons (Fsp3) is 0.125. The van der Waals surface area contributed by atoms with E-state index in [-0.39, 0.29) is 0 Å². The summed E-state index contributed by atoms with van der Waals surface area (Å²) in [6.45, 7) is 4.35. The van der Waals surface area contributed by atoms with Gasteiger partial charge in [0.2, 0.25) is 0 Å². The first-order valence-electron chi connectivity index (χ1n) is 3.03. The van der Waals surface area contributed by atoms with E-state index in [0.717, 1.165) is 6.54 Å². The minimum atomic E-state index is 0.696. The normalized spacial score (nSPS) is 8.70. The van der Waals surface area contributed by atoms with Crippen LogP contribution >= 0.6 is 0 Å². The lowest BCUT2D eigenvalue weighted by atomic mass is 10.4. The van der Waals surface area contributed by atoms with E-state index in [0.29, 0.717) is 5.56 Å². The number of nitrogens with zero attached hydrogens (tertiary/aromatic N) is 2. The summed E-state index contributed by atoms with van der Waals surface area (Å²) in [5, 5.41) is 8.43. The molecule has 0 saturated heterocycles. The Balaban J connectivity index is 2.80. The molecule has 2 heteroatoms. The molecule has 1 rings (SSSR count). The molecule has 1 heterocycles. The monoisotopic (exact) mass is 132 g/mol. The van der Waals surface area contributed by atoms with E-state index >= 15 is 0 Å². The fourth-order valence-electron chi connectivity index (χ4n) is 0.770. The molecule has 0 aromatic carbocycles. The highest BCUT2D eigenvalue weighted by molar-refractivity contribution is 5.25. The molecule has 1 aromatic rings. The molecular formula is C8H8N2. The third kappa shape index (κ3) is 1.26. The van der Waals surface area contributed by atoms with E-state index in [1.165, 1.54) is 0 Å². The van der Waals surface area contributed by atoms with Crippen LogP contribution in [0.3, 0.4) is 0 Å². The van der Waals surface area contributed by atoms with Crippen LogP contribution in [0, 0.1) is 11.3 Å². The Labute approximate surface area is 60.0 Å². The average molecular weight is 132 g/mol. The molecule has 0 fully saturated rings. The van der Waals surface area contributed by atoms with Crippen LogP contribution in [0.2, 0.25) is 0 Å². The van der Waals surface area contributed by atoms with Crippen LogP contribution in [0.15, 0.2) is 31.1 Å². The fourth-order valence-corrected chi connectivity index (χ4v) is 0.770. The van der Waals surface area contributed by atoms with Crippen LogP contribution < -0.4 is 0 Å². The van der Waals surface area contributed by atoms with Crippen molar-refractivity contribution < 1.29 is 0 Å². The number of aromatic nitrogens is 1. The van der Waals surface area contributed by atoms with Gasteiger partial charge in [-0.3, -0.25) is 0 Å². The van der Waals surface area contributed by atoms with Gasteiger partial charge in [-0.05, 0) is 6.07 Å². The molecule has 0 atom stereocenters. The third-order valence-corrected chi connectivity index (χ3v) is 1.22. The number of hydrogen-bond acceptors (Lipinski definition) is 1. The molecule has 10 heavy (non-hydrogen) atoms. The van der Waals surface area contributed by atoms with Gasteiger partial charge < -0.3 is 4.57 Å². The molecule has 0 aliphatic heterocycles. The lowest BCUT2D eigenvalue weighted by molar-refractivity contribution is 0.831. The summed E-state index contributed by atoms with van der Waals surface area (Å²) in [5.41, 5.74) is 0.696. The molecule has 0 saturated carbocycles. The van der Waals surface area contributed by atoms with Crippen LogP contribution in [-0.4, -0.2) is 4.57 Å². The van der Waals surface area contributed by atoms with Crippen LogP contribution in [0.25, 0.3) is 0 Å². The van der Waals surface area contributed by atoms with Crippen LogP contribution in [0.5, 0.6) is 0 Å². The molecule has 50 valence electrons. The van der Waals surface area contributed by atoms with Crippen molar-refractivity contribution in [2.24, 2.45) is 0 Å². The maximum atomic E-state index is 8.43. The van der Waals surface area contributed by atoms with Crippen molar-refractivity contribution in [3.05, 3.63) is 36.7 Å². The molecule has 0 spiro atoms. The van der Waals surface area contributed by atoms with Gasteiger partial charge in [-0.25, -0.2) is 0 Å². The summed E-state index contributed by atoms with van der Waals surface area (Å²) >= 11 is 0. The zero-order valence-corrected chi connectivity index (χ0v) is 5.62. The maximum absolute atomic E-state index is 8.43. The first-order chi connectivity index (χ1) is 4.86. The quantitative estimate of drug-likeness (QED) is 0.561. The van der Waals surface area contributed by atoms with Gasteiger partial charge in [0.25, 0.3) is 0 Å². The minimum Gasteiger partial charge on any atom is -0.349 e. The van der Waals surface area contributed by atoms with Gasteiger partial charge in [0, 0.05) is 18.9 Å². The van der Waals surface area contributed by atoms with Gasteiger partial charge in [0.15, 0.2) is 0 Å². The van der Waals surface area contributed by atoms with Gasteiger partial charge >= 0.3 is 0 Å². The molecule has 0 aliphatic carbocycles. The van der Waals surface area contributed by atoms with Crippen molar-refractivity contribution in [2.45, 2.75) is 6.54 Å². The van der Waals surface area contributed by atoms with E-state index in [1.54, 1.807) is 18.3 Å². The van der Waals surface area contributed by atoms with Crippen molar-refractivity contribution >= 4 is 0 Å². The Hall–Kier alpha value is -1.49. The summed E-state index contributed by atoms with van der Waals surface area (Å²) in [6.07, 6.45) is 5.45. The number of rotatable bonds is 2. The molecule has 0 radical (unpaired) electrons. The number of allylic oxidation sites excluding steroid dienone is 1. The smallest absolute Gasteiger partial charge is 0.101 e. The Kier molecular flexibility index (Phi) is 1.91. The van der Waals surface area contributed by atoms with Crippen LogP contribution in [0.1, 0.15) is 5.56 Å². The highest BCUT2D eigenvalue weighted by Crippen LogP contribution is 1.98. The molecule has 0 aliphatic rings. The zero-order valence-electron chi connectivity index (χ0n) is 5.62. The van der Waals surface area contributed by atoms with Crippen LogP contribution in [-0.2, 0) is 6.54 Å². The minimum absolute atomic E-state index is 0.696. The van der Waals surface area contributed by atoms with E-state index in [2.05, 4.69) is 12.6 Å². The van der Waals surface area contributed by atoms with Gasteiger partial charge in [-0.15, -0.1) is 6.58 Å². The first-order valence-corrected chi connectivity index (χ1v) is 3.03. The second-order valence-electron chi connectivity index (χ2n) is 2.00. The summed E-state index contributed by atoms with van der Waals surface area (Å²) in [6, 6.07) is 3.83. The first kappa shape index (κ1) is 6.63. The number of hydrogen-bond donors (Lipinski definition) is 0. The third-order valence-electron chi connectivity index (χ3n) is 1.22. The van der Waals surface area contributed by atoms with E-state index in [1.807, 2.05) is 10.8 Å². The topological polar surface area (TPSA) is 28.7 Å². The number of nitriles is 1.